The zero-order valence-corrected chi connectivity index (χ0v) is 13.8. The van der Waals surface area contributed by atoms with Gasteiger partial charge < -0.3 is 15.2 Å². The smallest absolute Gasteiger partial charge is 0.403 e. The van der Waals surface area contributed by atoms with Gasteiger partial charge in [0.15, 0.2) is 0 Å². The van der Waals surface area contributed by atoms with E-state index in [-0.39, 0.29) is 19.4 Å². The molecule has 0 spiro atoms. The lowest BCUT2D eigenvalue weighted by atomic mass is 9.85. The minimum absolute atomic E-state index is 0.121. The van der Waals surface area contributed by atoms with Crippen molar-refractivity contribution in [2.24, 2.45) is 5.92 Å². The van der Waals surface area contributed by atoms with Gasteiger partial charge in [-0.1, -0.05) is 0 Å². The molecule has 0 unspecified atom stereocenters. The molecule has 0 saturated carbocycles. The Balaban J connectivity index is 1.78. The number of halogens is 3. The molecule has 1 aliphatic heterocycles. The van der Waals surface area contributed by atoms with Crippen LogP contribution in [-0.4, -0.2) is 47.1 Å². The first kappa shape index (κ1) is 17.9. The molecule has 3 rings (SSSR count). The number of pyridine rings is 2. The van der Waals surface area contributed by atoms with Crippen molar-refractivity contribution in [1.82, 2.24) is 15.3 Å². The van der Waals surface area contributed by atoms with Gasteiger partial charge in [-0.3, -0.25) is 4.98 Å². The van der Waals surface area contributed by atoms with Crippen molar-refractivity contribution in [3.8, 4) is 5.88 Å². The van der Waals surface area contributed by atoms with E-state index in [4.69, 9.17) is 4.74 Å². The van der Waals surface area contributed by atoms with Crippen LogP contribution in [0.25, 0.3) is 11.0 Å². The minimum Gasteiger partial charge on any atom is -0.481 e. The Morgan fingerprint density at radius 1 is 1.36 bits per heavy atom. The van der Waals surface area contributed by atoms with E-state index in [9.17, 15) is 18.3 Å². The molecule has 136 valence electrons. The molecule has 0 bridgehead atoms. The van der Waals surface area contributed by atoms with Gasteiger partial charge in [0.2, 0.25) is 5.88 Å². The SMILES string of the molecule is COc1ccc2nccc(C[C@@H](O)[C@@H]3CCN[C@H](C(F)(F)F)C3)c2n1. The van der Waals surface area contributed by atoms with Gasteiger partial charge in [0, 0.05) is 18.7 Å². The fourth-order valence-corrected chi connectivity index (χ4v) is 3.28. The first-order chi connectivity index (χ1) is 11.9. The number of hydrogen-bond donors (Lipinski definition) is 2. The number of ether oxygens (including phenoxy) is 1. The van der Waals surface area contributed by atoms with Crippen molar-refractivity contribution in [3.63, 3.8) is 0 Å². The number of hydrogen-bond acceptors (Lipinski definition) is 5. The van der Waals surface area contributed by atoms with Gasteiger partial charge in [0.1, 0.15) is 6.04 Å². The van der Waals surface area contributed by atoms with E-state index in [0.717, 1.165) is 5.56 Å². The van der Waals surface area contributed by atoms with Crippen molar-refractivity contribution in [3.05, 3.63) is 30.0 Å². The Morgan fingerprint density at radius 2 is 2.16 bits per heavy atom. The maximum atomic E-state index is 12.9. The number of methoxy groups -OCH3 is 1. The summed E-state index contributed by atoms with van der Waals surface area (Å²) in [4.78, 5) is 8.58. The first-order valence-electron chi connectivity index (χ1n) is 8.15. The molecule has 1 saturated heterocycles. The summed E-state index contributed by atoms with van der Waals surface area (Å²) in [5, 5.41) is 13.0. The van der Waals surface area contributed by atoms with Crippen LogP contribution in [0.4, 0.5) is 13.2 Å². The van der Waals surface area contributed by atoms with E-state index in [1.54, 1.807) is 24.4 Å². The molecule has 0 amide bonds. The van der Waals surface area contributed by atoms with E-state index < -0.39 is 24.2 Å². The lowest BCUT2D eigenvalue weighted by Crippen LogP contribution is -2.49. The van der Waals surface area contributed by atoms with Crippen LogP contribution >= 0.6 is 0 Å². The third kappa shape index (κ3) is 4.01. The Bertz CT molecular complexity index is 739. The monoisotopic (exact) mass is 355 g/mol. The molecule has 0 aromatic carbocycles. The lowest BCUT2D eigenvalue weighted by Gasteiger charge is -2.34. The molecule has 1 aliphatic rings. The molecule has 8 heteroatoms. The zero-order chi connectivity index (χ0) is 18.0. The number of aromatic nitrogens is 2. The topological polar surface area (TPSA) is 67.3 Å². The summed E-state index contributed by atoms with van der Waals surface area (Å²) in [6, 6.07) is 3.63. The summed E-state index contributed by atoms with van der Waals surface area (Å²) < 4.78 is 43.9. The van der Waals surface area contributed by atoms with Crippen LogP contribution in [0.15, 0.2) is 24.4 Å². The summed E-state index contributed by atoms with van der Waals surface area (Å²) in [6.07, 6.45) is -2.94. The third-order valence-electron chi connectivity index (χ3n) is 4.66. The van der Waals surface area contributed by atoms with Crippen LogP contribution in [0.1, 0.15) is 18.4 Å². The molecule has 1 fully saturated rings. The number of nitrogens with zero attached hydrogens (tertiary/aromatic N) is 2. The van der Waals surface area contributed by atoms with E-state index >= 15 is 0 Å². The maximum absolute atomic E-state index is 12.9. The Labute approximate surface area is 143 Å². The van der Waals surface area contributed by atoms with Gasteiger partial charge in [-0.2, -0.15) is 13.2 Å². The highest BCUT2D eigenvalue weighted by molar-refractivity contribution is 5.78. The molecule has 2 N–H and O–H groups in total. The number of fused-ring (bicyclic) bond motifs is 1. The molecule has 2 aromatic heterocycles. The Hall–Kier alpha value is -1.93. The largest absolute Gasteiger partial charge is 0.481 e. The predicted molar refractivity (Wildman–Crippen MR) is 86.4 cm³/mol. The summed E-state index contributed by atoms with van der Waals surface area (Å²) in [5.74, 6) is 0.0111. The molecule has 5 nitrogen and oxygen atoms in total. The molecule has 2 aromatic rings. The first-order valence-corrected chi connectivity index (χ1v) is 8.15. The Morgan fingerprint density at radius 3 is 2.88 bits per heavy atom. The maximum Gasteiger partial charge on any atom is 0.403 e. The van der Waals surface area contributed by atoms with Crippen LogP contribution in [0.3, 0.4) is 0 Å². The number of nitrogens with one attached hydrogen (secondary N) is 1. The van der Waals surface area contributed by atoms with Crippen molar-refractivity contribution in [2.45, 2.75) is 37.6 Å². The van der Waals surface area contributed by atoms with Gasteiger partial charge >= 0.3 is 6.18 Å². The molecular formula is C17H20F3N3O2. The molecule has 3 heterocycles. The summed E-state index contributed by atoms with van der Waals surface area (Å²) >= 11 is 0. The number of piperidine rings is 1. The van der Waals surface area contributed by atoms with E-state index in [1.165, 1.54) is 7.11 Å². The van der Waals surface area contributed by atoms with Crippen molar-refractivity contribution >= 4 is 11.0 Å². The van der Waals surface area contributed by atoms with Crippen LogP contribution in [-0.2, 0) is 6.42 Å². The van der Waals surface area contributed by atoms with E-state index in [0.29, 0.717) is 23.3 Å². The fourth-order valence-electron chi connectivity index (χ4n) is 3.28. The number of aliphatic hydroxyl groups is 1. The highest BCUT2D eigenvalue weighted by Gasteiger charge is 2.43. The van der Waals surface area contributed by atoms with Crippen molar-refractivity contribution in [1.29, 1.82) is 0 Å². The number of rotatable bonds is 4. The van der Waals surface area contributed by atoms with Gasteiger partial charge in [0.05, 0.1) is 24.2 Å². The average molecular weight is 355 g/mol. The molecule has 0 radical (unpaired) electrons. The van der Waals surface area contributed by atoms with Crippen LogP contribution in [0.5, 0.6) is 5.88 Å². The standard InChI is InChI=1S/C17H20F3N3O2/c1-25-15-3-2-12-16(23-15)11(5-6-21-12)8-13(24)10-4-7-22-14(9-10)17(18,19)20/h2-3,5-6,10,13-14,22,24H,4,7-9H2,1H3/t10-,13-,14+/m1/s1. The molecule has 3 atom stereocenters. The lowest BCUT2D eigenvalue weighted by molar-refractivity contribution is -0.166. The van der Waals surface area contributed by atoms with E-state index in [2.05, 4.69) is 15.3 Å². The second-order valence-electron chi connectivity index (χ2n) is 6.30. The highest BCUT2D eigenvalue weighted by Crippen LogP contribution is 2.32. The summed E-state index contributed by atoms with van der Waals surface area (Å²) in [5.41, 5.74) is 2.00. The van der Waals surface area contributed by atoms with Gasteiger partial charge in [-0.05, 0) is 43.0 Å². The van der Waals surface area contributed by atoms with Gasteiger partial charge in [-0.25, -0.2) is 4.98 Å². The molecular weight excluding hydrogens is 335 g/mol. The van der Waals surface area contributed by atoms with Crippen LogP contribution < -0.4 is 10.1 Å². The minimum atomic E-state index is -4.29. The zero-order valence-electron chi connectivity index (χ0n) is 13.8. The number of alkyl halides is 3. The molecule has 0 aliphatic carbocycles. The second-order valence-corrected chi connectivity index (χ2v) is 6.30. The summed E-state index contributed by atoms with van der Waals surface area (Å²) in [7, 11) is 1.51. The quantitative estimate of drug-likeness (QED) is 0.882. The fraction of sp³-hybridized carbons (Fsp3) is 0.529. The van der Waals surface area contributed by atoms with E-state index in [1.807, 2.05) is 0 Å². The predicted octanol–water partition coefficient (Wildman–Crippen LogP) is 2.47. The number of aliphatic hydroxyl groups excluding tert-OH is 1. The molecule has 25 heavy (non-hydrogen) atoms. The second kappa shape index (κ2) is 7.13. The van der Waals surface area contributed by atoms with Gasteiger partial charge in [0.25, 0.3) is 0 Å². The average Bonchev–Trinajstić information content (AvgIpc) is 2.61. The third-order valence-corrected chi connectivity index (χ3v) is 4.66. The Kier molecular flexibility index (Phi) is 5.10. The normalized spacial score (nSPS) is 22.8. The van der Waals surface area contributed by atoms with Crippen molar-refractivity contribution < 1.29 is 23.0 Å². The van der Waals surface area contributed by atoms with Crippen LogP contribution in [0, 0.1) is 5.92 Å². The van der Waals surface area contributed by atoms with Crippen molar-refractivity contribution in [2.75, 3.05) is 13.7 Å². The highest BCUT2D eigenvalue weighted by atomic mass is 19.4. The van der Waals surface area contributed by atoms with Crippen LogP contribution in [0.2, 0.25) is 0 Å². The van der Waals surface area contributed by atoms with Gasteiger partial charge in [-0.15, -0.1) is 0 Å². The summed E-state index contributed by atoms with van der Waals surface area (Å²) in [6.45, 7) is 0.245.